The fourth-order valence-corrected chi connectivity index (χ4v) is 9.12. The molecule has 1 aliphatic rings. The molecule has 1 unspecified atom stereocenters. The summed E-state index contributed by atoms with van der Waals surface area (Å²) < 4.78 is 18.1. The summed E-state index contributed by atoms with van der Waals surface area (Å²) in [5, 5.41) is 6.02. The van der Waals surface area contributed by atoms with Gasteiger partial charge in [0.1, 0.15) is 12.1 Å². The summed E-state index contributed by atoms with van der Waals surface area (Å²) in [7, 11) is 6.75. The minimum Gasteiger partial charge on any atom is -0.452 e. The van der Waals surface area contributed by atoms with Gasteiger partial charge in [0.2, 0.25) is 29.6 Å². The summed E-state index contributed by atoms with van der Waals surface area (Å²) in [5.74, 6) is -5.63. The molecule has 17 heteroatoms. The Morgan fingerprint density at radius 1 is 0.833 bits per heavy atom. The van der Waals surface area contributed by atoms with E-state index in [0.717, 1.165) is 0 Å². The molecule has 1 aliphatic heterocycles. The van der Waals surface area contributed by atoms with Crippen LogP contribution in [0.2, 0.25) is 0 Å². The van der Waals surface area contributed by atoms with Gasteiger partial charge in [-0.3, -0.25) is 46.1 Å². The number of benzene rings is 2. The predicted molar refractivity (Wildman–Crippen MR) is 253 cm³/mol. The van der Waals surface area contributed by atoms with E-state index in [1.807, 2.05) is 78.7 Å². The average molecular weight is 923 g/mol. The number of amides is 4. The van der Waals surface area contributed by atoms with Gasteiger partial charge >= 0.3 is 5.97 Å². The second-order valence-electron chi connectivity index (χ2n) is 18.9. The van der Waals surface area contributed by atoms with Crippen LogP contribution in [0.1, 0.15) is 120 Å². The number of hydrogen-bond acceptors (Lipinski definition) is 13. The number of carbonyl (C=O) groups excluding carboxylic acids is 6. The zero-order valence-corrected chi connectivity index (χ0v) is 41.4. The minimum atomic E-state index is -2.17. The molecule has 0 saturated carbocycles. The first kappa shape index (κ1) is 55.5. The van der Waals surface area contributed by atoms with Gasteiger partial charge in [-0.25, -0.2) is 4.79 Å². The van der Waals surface area contributed by atoms with Crippen LogP contribution < -0.4 is 27.8 Å². The third kappa shape index (κ3) is 14.9. The summed E-state index contributed by atoms with van der Waals surface area (Å²) in [4.78, 5) is 87.0. The van der Waals surface area contributed by atoms with Crippen molar-refractivity contribution in [3.8, 4) is 0 Å². The number of carbonyl (C=O) groups is 6. The first-order chi connectivity index (χ1) is 30.8. The number of likely N-dealkylation sites (tertiary alicyclic amines) is 1. The van der Waals surface area contributed by atoms with Crippen LogP contribution in [0.3, 0.4) is 0 Å². The van der Waals surface area contributed by atoms with E-state index in [2.05, 4.69) is 10.6 Å². The zero-order chi connectivity index (χ0) is 49.8. The summed E-state index contributed by atoms with van der Waals surface area (Å²) >= 11 is 0. The van der Waals surface area contributed by atoms with Crippen molar-refractivity contribution < 1.29 is 43.0 Å². The van der Waals surface area contributed by atoms with Gasteiger partial charge in [0.25, 0.3) is 0 Å². The minimum absolute atomic E-state index is 0.0218. The van der Waals surface area contributed by atoms with Gasteiger partial charge in [0.15, 0.2) is 5.78 Å². The summed E-state index contributed by atoms with van der Waals surface area (Å²) in [6.07, 6.45) is -1.22. The largest absolute Gasteiger partial charge is 0.452 e. The van der Waals surface area contributed by atoms with E-state index in [-0.39, 0.29) is 59.1 Å². The standard InChI is InChI=1S/C49H78N8O9/c1-14-30(6)42(56(12)47(62)40(28(2)3)54-46(61)41(29(4)5)55(10)11)38(66-49(50,51)52)27-39(59)57-26-18-21-37(57)43(64-13)31(7)45(60)53-32(8)44(35-19-16-15-17-20-35)65-48(63)36-24-22-34(23-25-36)33(9)58/h15-17,19-20,22-25,28-32,37-38,40-44H,14,18,21,26-27,50-52H2,1-13H3,(H,53,60)(H,54,61)/t30-,31+,32+,37-,38+,40-,41-,42-,43+,44?/m0/s1. The maximum atomic E-state index is 14.6. The van der Waals surface area contributed by atoms with Crippen LogP contribution in [0.4, 0.5) is 0 Å². The van der Waals surface area contributed by atoms with Gasteiger partial charge in [-0.15, -0.1) is 0 Å². The Morgan fingerprint density at radius 3 is 1.92 bits per heavy atom. The molecular weight excluding hydrogens is 845 g/mol. The molecule has 368 valence electrons. The number of Topliss-reactive ketones (excluding diaryl/α,β-unsaturated/α-hetero) is 1. The van der Waals surface area contributed by atoms with E-state index in [1.54, 1.807) is 50.1 Å². The third-order valence-electron chi connectivity index (χ3n) is 12.7. The maximum absolute atomic E-state index is 14.6. The van der Waals surface area contributed by atoms with E-state index in [1.165, 1.54) is 31.1 Å². The van der Waals surface area contributed by atoms with E-state index in [0.29, 0.717) is 36.9 Å². The molecule has 2 aromatic carbocycles. The van der Waals surface area contributed by atoms with Crippen molar-refractivity contribution in [2.24, 2.45) is 40.9 Å². The van der Waals surface area contributed by atoms with Crippen LogP contribution >= 0.6 is 0 Å². The molecule has 8 N–H and O–H groups in total. The summed E-state index contributed by atoms with van der Waals surface area (Å²) in [6.45, 7) is 16.8. The van der Waals surface area contributed by atoms with Gasteiger partial charge in [-0.05, 0) is 76.2 Å². The predicted octanol–water partition coefficient (Wildman–Crippen LogP) is 3.80. The molecule has 1 saturated heterocycles. The van der Waals surface area contributed by atoms with Crippen molar-refractivity contribution in [3.05, 3.63) is 71.3 Å². The highest BCUT2D eigenvalue weighted by atomic mass is 16.6. The number of likely N-dealkylation sites (N-methyl/N-ethyl adjacent to an activating group) is 2. The Labute approximate surface area is 392 Å². The third-order valence-corrected chi connectivity index (χ3v) is 12.7. The quantitative estimate of drug-likeness (QED) is 0.0573. The first-order valence-electron chi connectivity index (χ1n) is 23.1. The lowest BCUT2D eigenvalue weighted by molar-refractivity contribution is -0.161. The monoisotopic (exact) mass is 923 g/mol. The SMILES string of the molecule is CC[C@H](C)[C@@H]([C@@H](CC(=O)N1CCC[C@H]1[C@H](OC)[C@@H](C)C(=O)N[C@H](C)C(OC(=O)c1ccc(C(C)=O)cc1)c1ccccc1)OC(N)(N)N)N(C)C(=O)[C@@H](NC(=O)[C@H](C(C)C)N(C)C)C(C)C. The molecule has 17 nitrogen and oxygen atoms in total. The molecule has 3 rings (SSSR count). The molecule has 66 heavy (non-hydrogen) atoms. The summed E-state index contributed by atoms with van der Waals surface area (Å²) in [5.41, 5.74) is 19.6. The number of nitrogens with one attached hydrogen (secondary N) is 2. The molecule has 0 aromatic heterocycles. The van der Waals surface area contributed by atoms with Gasteiger partial charge in [-0.2, -0.15) is 0 Å². The van der Waals surface area contributed by atoms with Gasteiger partial charge in [0.05, 0.1) is 54.3 Å². The van der Waals surface area contributed by atoms with Crippen molar-refractivity contribution in [3.63, 3.8) is 0 Å². The lowest BCUT2D eigenvalue weighted by Gasteiger charge is -2.43. The Balaban J connectivity index is 1.88. The number of nitrogens with two attached hydrogens (primary N) is 3. The van der Waals surface area contributed by atoms with Crippen molar-refractivity contribution >= 4 is 35.4 Å². The first-order valence-corrected chi connectivity index (χ1v) is 23.1. The van der Waals surface area contributed by atoms with Gasteiger partial charge in [-0.1, -0.05) is 97.4 Å². The normalized spacial score (nSPS) is 18.4. The number of ketones is 1. The second-order valence-corrected chi connectivity index (χ2v) is 18.9. The van der Waals surface area contributed by atoms with Crippen LogP contribution in [-0.2, 0) is 33.4 Å². The summed E-state index contributed by atoms with van der Waals surface area (Å²) in [6, 6.07) is 11.9. The maximum Gasteiger partial charge on any atom is 0.338 e. The molecule has 10 atom stereocenters. The number of methoxy groups -OCH3 is 1. The molecule has 0 radical (unpaired) electrons. The van der Waals surface area contributed by atoms with E-state index in [4.69, 9.17) is 31.4 Å². The Hall–Kier alpha value is -4.78. The smallest absolute Gasteiger partial charge is 0.338 e. The molecule has 0 bridgehead atoms. The number of rotatable bonds is 24. The number of hydrogen-bond donors (Lipinski definition) is 5. The van der Waals surface area contributed by atoms with Crippen molar-refractivity contribution in [1.29, 1.82) is 0 Å². The van der Waals surface area contributed by atoms with Gasteiger partial charge < -0.3 is 34.6 Å². The van der Waals surface area contributed by atoms with Crippen LogP contribution in [0.25, 0.3) is 0 Å². The number of nitrogens with zero attached hydrogens (tertiary/aromatic N) is 3. The fourth-order valence-electron chi connectivity index (χ4n) is 9.12. The molecule has 2 aromatic rings. The van der Waals surface area contributed by atoms with Crippen LogP contribution in [0, 0.1) is 23.7 Å². The van der Waals surface area contributed by atoms with Crippen molar-refractivity contribution in [1.82, 2.24) is 25.3 Å². The highest BCUT2D eigenvalue weighted by Gasteiger charge is 2.45. The van der Waals surface area contributed by atoms with Crippen molar-refractivity contribution in [2.45, 2.75) is 142 Å². The lowest BCUT2D eigenvalue weighted by Crippen LogP contribution is -2.66. The molecule has 1 fully saturated rings. The number of ether oxygens (including phenoxy) is 3. The van der Waals surface area contributed by atoms with Crippen LogP contribution in [0.5, 0.6) is 0 Å². The Bertz CT molecular complexity index is 1920. The van der Waals surface area contributed by atoms with Crippen LogP contribution in [-0.4, -0.2) is 133 Å². The molecule has 4 amide bonds. The Morgan fingerprint density at radius 2 is 1.42 bits per heavy atom. The highest BCUT2D eigenvalue weighted by molar-refractivity contribution is 5.96. The Kier molecular flexibility index (Phi) is 20.9. The lowest BCUT2D eigenvalue weighted by atomic mass is 9.89. The topological polar surface area (TPSA) is 242 Å². The zero-order valence-electron chi connectivity index (χ0n) is 41.4. The van der Waals surface area contributed by atoms with E-state index in [9.17, 15) is 28.8 Å². The highest BCUT2D eigenvalue weighted by Crippen LogP contribution is 2.31. The van der Waals surface area contributed by atoms with Crippen LogP contribution in [0.15, 0.2) is 54.6 Å². The molecule has 0 aliphatic carbocycles. The average Bonchev–Trinajstić information content (AvgIpc) is 3.73. The molecule has 1 heterocycles. The van der Waals surface area contributed by atoms with Gasteiger partial charge in [0, 0.05) is 26.3 Å². The molecular formula is C49H78N8O9. The fraction of sp³-hybridized carbons (Fsp3) is 0.633. The second kappa shape index (κ2) is 24.8. The van der Waals surface area contributed by atoms with E-state index >= 15 is 0 Å². The molecule has 0 spiro atoms. The van der Waals surface area contributed by atoms with Crippen molar-refractivity contribution in [2.75, 3.05) is 34.8 Å². The van der Waals surface area contributed by atoms with E-state index < -0.39 is 66.4 Å². The number of esters is 1.